The summed E-state index contributed by atoms with van der Waals surface area (Å²) in [6, 6.07) is 2.30. The molecule has 2 aliphatic rings. The molecule has 3 aromatic rings. The van der Waals surface area contributed by atoms with Crippen LogP contribution in [-0.4, -0.2) is 88.9 Å². The van der Waals surface area contributed by atoms with E-state index in [1.165, 1.54) is 52.4 Å². The molecule has 4 heterocycles. The number of esters is 2. The number of thiazole rings is 1. The summed E-state index contributed by atoms with van der Waals surface area (Å²) in [6.07, 6.45) is -0.303. The number of carbonyl (C=O) groups excluding carboxylic acids is 4. The van der Waals surface area contributed by atoms with Gasteiger partial charge in [0.25, 0.3) is 11.8 Å². The van der Waals surface area contributed by atoms with Crippen molar-refractivity contribution >= 4 is 92.7 Å². The molecule has 5 rings (SSSR count). The number of β-lactam (4-membered cyclic amide) rings is 1. The number of hydrogen-bond acceptors (Lipinski definition) is 18. The number of benzene rings is 1. The Morgan fingerprint density at radius 2 is 1.86 bits per heavy atom. The van der Waals surface area contributed by atoms with Crippen molar-refractivity contribution in [1.29, 1.82) is 0 Å². The highest BCUT2D eigenvalue weighted by Gasteiger charge is 2.54. The molecule has 22 heteroatoms. The van der Waals surface area contributed by atoms with E-state index >= 15 is 0 Å². The number of amides is 2. The van der Waals surface area contributed by atoms with E-state index in [-0.39, 0.29) is 39.3 Å². The van der Waals surface area contributed by atoms with E-state index in [4.69, 9.17) is 20.0 Å². The molecule has 51 heavy (non-hydrogen) atoms. The fourth-order valence-corrected chi connectivity index (χ4v) is 8.04. The molecule has 0 aliphatic carbocycles. The van der Waals surface area contributed by atoms with E-state index in [0.717, 1.165) is 41.2 Å². The number of nitrogens with one attached hydrogen (secondary N) is 1. The lowest BCUT2D eigenvalue weighted by Gasteiger charge is -2.49. The molecule has 5 N–H and O–H groups in total. The molecule has 0 saturated carbocycles. The van der Waals surface area contributed by atoms with E-state index in [1.807, 2.05) is 0 Å². The summed E-state index contributed by atoms with van der Waals surface area (Å²) < 4.78 is 10.7. The van der Waals surface area contributed by atoms with Gasteiger partial charge in [0.2, 0.25) is 6.10 Å². The van der Waals surface area contributed by atoms with Crippen LogP contribution in [-0.2, 0) is 33.6 Å². The summed E-state index contributed by atoms with van der Waals surface area (Å²) in [7, 11) is 0. The van der Waals surface area contributed by atoms with Gasteiger partial charge in [-0.15, -0.1) is 33.3 Å². The summed E-state index contributed by atoms with van der Waals surface area (Å²) in [5.74, 6) is -6.37. The van der Waals surface area contributed by atoms with E-state index in [2.05, 4.69) is 25.7 Å². The highest BCUT2D eigenvalue weighted by atomic mass is 32.2. The Morgan fingerprint density at radius 3 is 2.47 bits per heavy atom. The van der Waals surface area contributed by atoms with Gasteiger partial charge in [0.15, 0.2) is 26.7 Å². The number of aryl methyl sites for hydroxylation is 1. The van der Waals surface area contributed by atoms with Crippen molar-refractivity contribution in [3.63, 3.8) is 0 Å². The molecule has 2 aliphatic heterocycles. The van der Waals surface area contributed by atoms with Gasteiger partial charge < -0.3 is 35.6 Å². The summed E-state index contributed by atoms with van der Waals surface area (Å²) in [5.41, 5.74) is 5.14. The van der Waals surface area contributed by atoms with Gasteiger partial charge in [-0.2, -0.15) is 0 Å². The fraction of sp³-hybridized carbons (Fsp3) is 0.241. The molecule has 18 nitrogen and oxygen atoms in total. The minimum atomic E-state index is -1.89. The van der Waals surface area contributed by atoms with Gasteiger partial charge in [-0.05, 0) is 36.1 Å². The average Bonchev–Trinajstić information content (AvgIpc) is 3.68. The van der Waals surface area contributed by atoms with E-state index in [9.17, 15) is 39.0 Å². The van der Waals surface area contributed by atoms with Crippen molar-refractivity contribution in [3.8, 4) is 11.5 Å². The number of aromatic nitrogens is 3. The summed E-state index contributed by atoms with van der Waals surface area (Å²) >= 11 is 4.79. The first-order chi connectivity index (χ1) is 24.2. The quantitative estimate of drug-likeness (QED) is 0.0485. The Bertz CT molecular complexity index is 2030. The number of nitrogen functional groups attached to an aromatic ring is 1. The number of carboxylic acids is 2. The lowest BCUT2D eigenvalue weighted by Crippen LogP contribution is -2.71. The largest absolute Gasteiger partial charge is 0.478 e. The third-order valence-electron chi connectivity index (χ3n) is 6.66. The Balaban J connectivity index is 1.37. The van der Waals surface area contributed by atoms with Crippen molar-refractivity contribution < 1.29 is 53.3 Å². The monoisotopic (exact) mass is 775 g/mol. The van der Waals surface area contributed by atoms with Crippen LogP contribution in [0.1, 0.15) is 36.2 Å². The van der Waals surface area contributed by atoms with Crippen LogP contribution in [0, 0.1) is 6.92 Å². The lowest BCUT2D eigenvalue weighted by atomic mass is 10.0. The van der Waals surface area contributed by atoms with Gasteiger partial charge in [0.1, 0.15) is 27.8 Å². The number of rotatable bonds is 13. The van der Waals surface area contributed by atoms with Gasteiger partial charge >= 0.3 is 23.9 Å². The second kappa shape index (κ2) is 15.7. The minimum absolute atomic E-state index is 0.0392. The Kier molecular flexibility index (Phi) is 11.4. The molecular weight excluding hydrogens is 751 g/mol. The van der Waals surface area contributed by atoms with Crippen LogP contribution in [0.15, 0.2) is 55.8 Å². The van der Waals surface area contributed by atoms with Crippen LogP contribution in [0.25, 0.3) is 0 Å². The van der Waals surface area contributed by atoms with Crippen LogP contribution >= 0.6 is 46.2 Å². The highest BCUT2D eigenvalue weighted by Crippen LogP contribution is 2.41. The lowest BCUT2D eigenvalue weighted by molar-refractivity contribution is -0.151. The smallest absolute Gasteiger partial charge is 0.352 e. The molecule has 1 saturated heterocycles. The zero-order valence-electron chi connectivity index (χ0n) is 26.4. The number of anilines is 1. The van der Waals surface area contributed by atoms with E-state index in [1.54, 1.807) is 18.4 Å². The first-order valence-corrected chi connectivity index (χ1v) is 17.9. The average molecular weight is 776 g/mol. The molecule has 2 aromatic heterocycles. The van der Waals surface area contributed by atoms with Crippen molar-refractivity contribution in [2.24, 2.45) is 5.16 Å². The predicted octanol–water partition coefficient (Wildman–Crippen LogP) is 2.33. The summed E-state index contributed by atoms with van der Waals surface area (Å²) in [4.78, 5) is 85.0. The second-order valence-electron chi connectivity index (χ2n) is 10.3. The second-order valence-corrected chi connectivity index (χ2v) is 14.6. The van der Waals surface area contributed by atoms with Gasteiger partial charge in [-0.1, -0.05) is 34.3 Å². The molecule has 3 atom stereocenters. The standard InChI is InChI=1S/C29H25N7O11S4/c1-11-33-34-29(51-11)48-7-6-15-9-49-25-20(24(40)36(25)21(15)26(41)42)32-23(39)19(16-10-50-28(30)31-16)35-47-22(27(43)44)14-4-5-17(45-12(2)37)18(8-14)46-13(3)38/h4-8,10,20,22,25H,9H2,1-3H3,(H2,30,31)(H,32,39)(H,41,42)(H,43,44)/t20-,22-,25+/m1/s1. The molecule has 266 valence electrons. The third-order valence-corrected chi connectivity index (χ3v) is 10.4. The number of allylic oxidation sites excluding steroid dienone is 1. The molecule has 2 amide bonds. The van der Waals surface area contributed by atoms with Gasteiger partial charge in [-0.25, -0.2) is 14.6 Å². The number of thioether (sulfide) groups is 2. The maximum absolute atomic E-state index is 13.6. The van der Waals surface area contributed by atoms with Crippen molar-refractivity contribution in [2.75, 3.05) is 11.5 Å². The highest BCUT2D eigenvalue weighted by molar-refractivity contribution is 8.03. The maximum Gasteiger partial charge on any atom is 0.352 e. The molecule has 0 bridgehead atoms. The number of carbonyl (C=O) groups is 6. The summed E-state index contributed by atoms with van der Waals surface area (Å²) in [6.45, 7) is 4.00. The number of nitrogens with zero attached hydrogens (tertiary/aromatic N) is 5. The first kappa shape index (κ1) is 36.9. The Labute approximate surface area is 303 Å². The molecule has 0 spiro atoms. The molecular formula is C29H25N7O11S4. The number of carboxylic acid groups (broad SMARTS) is 2. The number of fused-ring (bicyclic) bond motifs is 1. The number of hydrogen-bond donors (Lipinski definition) is 4. The van der Waals surface area contributed by atoms with Crippen LogP contribution in [0.3, 0.4) is 0 Å². The van der Waals surface area contributed by atoms with Crippen molar-refractivity contribution in [3.05, 3.63) is 62.6 Å². The van der Waals surface area contributed by atoms with Crippen LogP contribution in [0.5, 0.6) is 11.5 Å². The zero-order chi connectivity index (χ0) is 37.0. The molecule has 1 fully saturated rings. The van der Waals surface area contributed by atoms with Crippen molar-refractivity contribution in [1.82, 2.24) is 25.4 Å². The number of oxime groups is 1. The predicted molar refractivity (Wildman–Crippen MR) is 183 cm³/mol. The SMILES string of the molecule is CC(=O)Oc1ccc([C@@H](ON=C(C(=O)N[C@@H]2C(=O)N3C(C(=O)O)=C(C=CSc4nnc(C)s4)CS[C@@H]23)c2csc(N)n2)C(=O)O)cc1OC(C)=O. The Morgan fingerprint density at radius 1 is 1.14 bits per heavy atom. The maximum atomic E-state index is 13.6. The molecule has 0 radical (unpaired) electrons. The van der Waals surface area contributed by atoms with Crippen molar-refractivity contribution in [2.45, 2.75) is 42.6 Å². The molecule has 1 aromatic carbocycles. The van der Waals surface area contributed by atoms with Gasteiger partial charge in [0.05, 0.1) is 0 Å². The topological polar surface area (TPSA) is 263 Å². The minimum Gasteiger partial charge on any atom is -0.478 e. The van der Waals surface area contributed by atoms with Crippen LogP contribution in [0.4, 0.5) is 5.13 Å². The van der Waals surface area contributed by atoms with Crippen LogP contribution < -0.4 is 20.5 Å². The normalized spacial score (nSPS) is 17.7. The number of ether oxygens (including phenoxy) is 2. The first-order valence-electron chi connectivity index (χ1n) is 14.3. The fourth-order valence-electron chi connectivity index (χ4n) is 4.60. The van der Waals surface area contributed by atoms with Crippen LogP contribution in [0.2, 0.25) is 0 Å². The van der Waals surface area contributed by atoms with Gasteiger partial charge in [0, 0.05) is 30.5 Å². The Hall–Kier alpha value is -5.32. The number of aliphatic carboxylic acids is 2. The van der Waals surface area contributed by atoms with E-state index < -0.39 is 58.9 Å². The third kappa shape index (κ3) is 8.53. The summed E-state index contributed by atoms with van der Waals surface area (Å²) in [5, 5.41) is 37.2. The number of nitrogens with two attached hydrogens (primary N) is 1. The molecule has 0 unspecified atom stereocenters. The van der Waals surface area contributed by atoms with E-state index in [0.29, 0.717) is 9.91 Å². The zero-order valence-corrected chi connectivity index (χ0v) is 29.7. The van der Waals surface area contributed by atoms with Gasteiger partial charge in [-0.3, -0.25) is 24.1 Å².